The van der Waals surface area contributed by atoms with Crippen LogP contribution < -0.4 is 10.1 Å². The number of para-hydroxylation sites is 1. The maximum atomic E-state index is 12.6. The molecule has 0 aliphatic rings. The number of esters is 2. The third-order valence-corrected chi connectivity index (χ3v) is 3.38. The second kappa shape index (κ2) is 11.4. The van der Waals surface area contributed by atoms with Crippen LogP contribution >= 0.6 is 11.6 Å². The Balaban J connectivity index is 2.92. The molecule has 1 aromatic rings. The molecule has 1 atom stereocenters. The minimum Gasteiger partial charge on any atom is -0.468 e. The predicted octanol–water partition coefficient (Wildman–Crippen LogP) is 2.95. The molecule has 144 valence electrons. The lowest BCUT2D eigenvalue weighted by Gasteiger charge is -2.18. The molecule has 0 aromatic heterocycles. The maximum Gasteiger partial charge on any atom is 0.334 e. The van der Waals surface area contributed by atoms with Crippen LogP contribution in [-0.2, 0) is 19.1 Å². The molecule has 0 spiro atoms. The van der Waals surface area contributed by atoms with Crippen LogP contribution in [0.25, 0.3) is 0 Å². The van der Waals surface area contributed by atoms with Gasteiger partial charge in [0.2, 0.25) is 6.43 Å². The molecule has 9 heteroatoms. The summed E-state index contributed by atoms with van der Waals surface area (Å²) in [7, 11) is 1.10. The first-order chi connectivity index (χ1) is 12.4. The zero-order chi connectivity index (χ0) is 19.5. The molecular formula is C17H20ClF2NO5. The van der Waals surface area contributed by atoms with Gasteiger partial charge in [-0.15, -0.1) is 0 Å². The molecule has 0 aliphatic carbocycles. The minimum atomic E-state index is -2.71. The summed E-state index contributed by atoms with van der Waals surface area (Å²) >= 11 is 6.01. The van der Waals surface area contributed by atoms with Crippen molar-refractivity contribution in [1.29, 1.82) is 0 Å². The Hall–Kier alpha value is -2.19. The van der Waals surface area contributed by atoms with Crippen LogP contribution in [-0.4, -0.2) is 44.7 Å². The van der Waals surface area contributed by atoms with E-state index in [-0.39, 0.29) is 24.7 Å². The van der Waals surface area contributed by atoms with E-state index in [0.717, 1.165) is 13.2 Å². The summed E-state index contributed by atoms with van der Waals surface area (Å²) in [4.78, 5) is 23.3. The van der Waals surface area contributed by atoms with E-state index >= 15 is 0 Å². The number of rotatable bonds is 10. The summed E-state index contributed by atoms with van der Waals surface area (Å²) < 4.78 is 40.1. The van der Waals surface area contributed by atoms with E-state index in [1.807, 2.05) is 0 Å². The highest BCUT2D eigenvalue weighted by molar-refractivity contribution is 6.32. The van der Waals surface area contributed by atoms with Crippen molar-refractivity contribution in [3.63, 3.8) is 0 Å². The first-order valence-corrected chi connectivity index (χ1v) is 8.14. The first-order valence-electron chi connectivity index (χ1n) is 7.76. The summed E-state index contributed by atoms with van der Waals surface area (Å²) in [5, 5.41) is 2.88. The van der Waals surface area contributed by atoms with Gasteiger partial charge in [0, 0.05) is 6.42 Å². The van der Waals surface area contributed by atoms with Gasteiger partial charge in [0.05, 0.1) is 31.4 Å². The Morgan fingerprint density at radius 2 is 2.00 bits per heavy atom. The maximum absolute atomic E-state index is 12.6. The van der Waals surface area contributed by atoms with Gasteiger partial charge in [-0.2, -0.15) is 0 Å². The number of carbonyl (C=O) groups excluding carboxylic acids is 2. The van der Waals surface area contributed by atoms with Crippen molar-refractivity contribution in [2.24, 2.45) is 0 Å². The Bertz CT molecular complexity index is 639. The van der Waals surface area contributed by atoms with Crippen LogP contribution in [0, 0.1) is 0 Å². The number of ether oxygens (including phenoxy) is 3. The van der Waals surface area contributed by atoms with E-state index in [1.54, 1.807) is 31.2 Å². The first kappa shape index (κ1) is 21.9. The van der Waals surface area contributed by atoms with Gasteiger partial charge in [0.25, 0.3) is 0 Å². The fourth-order valence-corrected chi connectivity index (χ4v) is 2.08. The number of alkyl halides is 2. The summed E-state index contributed by atoms with van der Waals surface area (Å²) in [5.41, 5.74) is 0. The predicted molar refractivity (Wildman–Crippen MR) is 91.2 cm³/mol. The third-order valence-electron chi connectivity index (χ3n) is 3.07. The number of benzene rings is 1. The van der Waals surface area contributed by atoms with Crippen LogP contribution in [0.15, 0.2) is 36.1 Å². The zero-order valence-corrected chi connectivity index (χ0v) is 15.1. The third kappa shape index (κ3) is 7.79. The number of hydrogen-bond donors (Lipinski definition) is 1. The van der Waals surface area contributed by atoms with Gasteiger partial charge in [-0.25, -0.2) is 13.6 Å². The van der Waals surface area contributed by atoms with Gasteiger partial charge < -0.3 is 14.2 Å². The molecule has 0 heterocycles. The second-order valence-corrected chi connectivity index (χ2v) is 5.39. The van der Waals surface area contributed by atoms with Gasteiger partial charge >= 0.3 is 11.9 Å². The fraction of sp³-hybridized carbons (Fsp3) is 0.412. The molecule has 0 bridgehead atoms. The number of hydrogen-bond acceptors (Lipinski definition) is 6. The highest BCUT2D eigenvalue weighted by Crippen LogP contribution is 2.25. The number of carbonyl (C=O) groups is 2. The Kier molecular flexibility index (Phi) is 9.61. The highest BCUT2D eigenvalue weighted by atomic mass is 35.5. The molecule has 0 saturated heterocycles. The molecule has 1 N–H and O–H groups in total. The van der Waals surface area contributed by atoms with Crippen molar-refractivity contribution in [2.75, 3.05) is 20.3 Å². The largest absolute Gasteiger partial charge is 0.468 e. The lowest BCUT2D eigenvalue weighted by atomic mass is 10.2. The molecule has 0 radical (unpaired) electrons. The molecule has 26 heavy (non-hydrogen) atoms. The van der Waals surface area contributed by atoms with Gasteiger partial charge in [-0.1, -0.05) is 23.7 Å². The molecule has 6 nitrogen and oxygen atoms in total. The zero-order valence-electron chi connectivity index (χ0n) is 14.3. The van der Waals surface area contributed by atoms with Gasteiger partial charge in [0.1, 0.15) is 17.6 Å². The Morgan fingerprint density at radius 3 is 2.58 bits per heavy atom. The van der Waals surface area contributed by atoms with Crippen molar-refractivity contribution >= 4 is 23.5 Å². The van der Waals surface area contributed by atoms with E-state index in [1.165, 1.54) is 0 Å². The highest BCUT2D eigenvalue weighted by Gasteiger charge is 2.24. The van der Waals surface area contributed by atoms with E-state index in [9.17, 15) is 18.4 Å². The summed E-state index contributed by atoms with van der Waals surface area (Å²) in [6, 6.07) is 5.25. The Labute approximate surface area is 155 Å². The molecule has 0 saturated carbocycles. The van der Waals surface area contributed by atoms with Gasteiger partial charge in [0.15, 0.2) is 0 Å². The molecule has 1 rings (SSSR count). The van der Waals surface area contributed by atoms with E-state index < -0.39 is 30.8 Å². The average molecular weight is 392 g/mol. The van der Waals surface area contributed by atoms with Crippen molar-refractivity contribution < 1.29 is 32.6 Å². The number of nitrogens with one attached hydrogen (secondary N) is 1. The van der Waals surface area contributed by atoms with E-state index in [4.69, 9.17) is 21.1 Å². The average Bonchev–Trinajstić information content (AvgIpc) is 2.59. The SMILES string of the molecule is CCOC(=O)C=C(CNC(CC(F)F)C(=O)OC)Oc1ccccc1Cl. The molecular weight excluding hydrogens is 372 g/mol. The van der Waals surface area contributed by atoms with Gasteiger partial charge in [-0.05, 0) is 19.1 Å². The van der Waals surface area contributed by atoms with E-state index in [2.05, 4.69) is 10.1 Å². The van der Waals surface area contributed by atoms with Crippen molar-refractivity contribution in [2.45, 2.75) is 25.8 Å². The standard InChI is InChI=1S/C17H20ClF2NO5/c1-3-25-16(22)8-11(26-14-7-5-4-6-12(14)18)10-21-13(9-15(19)20)17(23)24-2/h4-8,13,15,21H,3,9-10H2,1-2H3. The second-order valence-electron chi connectivity index (χ2n) is 4.98. The minimum absolute atomic E-state index is 0.0414. The molecule has 1 aromatic carbocycles. The van der Waals surface area contributed by atoms with Crippen LogP contribution in [0.2, 0.25) is 5.02 Å². The summed E-state index contributed by atoms with van der Waals surface area (Å²) in [5.74, 6) is -1.23. The van der Waals surface area contributed by atoms with Crippen LogP contribution in [0.4, 0.5) is 8.78 Å². The molecule has 0 aliphatic heterocycles. The molecule has 1 unspecified atom stereocenters. The molecule has 0 fully saturated rings. The normalized spacial score (nSPS) is 12.6. The molecule has 0 amide bonds. The number of halogens is 3. The lowest BCUT2D eigenvalue weighted by Crippen LogP contribution is -2.40. The summed E-state index contributed by atoms with van der Waals surface area (Å²) in [6.07, 6.45) is -2.41. The van der Waals surface area contributed by atoms with Crippen molar-refractivity contribution in [3.05, 3.63) is 41.1 Å². The van der Waals surface area contributed by atoms with E-state index in [0.29, 0.717) is 5.02 Å². The van der Waals surface area contributed by atoms with Gasteiger partial charge in [-0.3, -0.25) is 10.1 Å². The lowest BCUT2D eigenvalue weighted by molar-refractivity contribution is -0.144. The fourth-order valence-electron chi connectivity index (χ4n) is 1.91. The van der Waals surface area contributed by atoms with Crippen LogP contribution in [0.1, 0.15) is 13.3 Å². The summed E-state index contributed by atoms with van der Waals surface area (Å²) in [6.45, 7) is 1.59. The van der Waals surface area contributed by atoms with Crippen molar-refractivity contribution in [3.8, 4) is 5.75 Å². The topological polar surface area (TPSA) is 73.9 Å². The van der Waals surface area contributed by atoms with Crippen LogP contribution in [0.5, 0.6) is 5.75 Å². The Morgan fingerprint density at radius 1 is 1.31 bits per heavy atom. The monoisotopic (exact) mass is 391 g/mol. The van der Waals surface area contributed by atoms with Crippen LogP contribution in [0.3, 0.4) is 0 Å². The smallest absolute Gasteiger partial charge is 0.334 e. The quantitative estimate of drug-likeness (QED) is 0.375. The van der Waals surface area contributed by atoms with Crippen molar-refractivity contribution in [1.82, 2.24) is 5.32 Å². The number of methoxy groups -OCH3 is 1.